The third-order valence-electron chi connectivity index (χ3n) is 3.26. The van der Waals surface area contributed by atoms with E-state index in [9.17, 15) is 9.59 Å². The molecule has 1 heterocycles. The van der Waals surface area contributed by atoms with Crippen LogP contribution < -0.4 is 10.6 Å². The minimum Gasteiger partial charge on any atom is -0.375 e. The molecule has 1 aliphatic rings. The molecule has 0 bridgehead atoms. The van der Waals surface area contributed by atoms with Crippen molar-refractivity contribution < 1.29 is 14.3 Å². The Morgan fingerprint density at radius 3 is 2.81 bits per heavy atom. The molecule has 6 nitrogen and oxygen atoms in total. The van der Waals surface area contributed by atoms with Gasteiger partial charge in [-0.3, -0.25) is 9.59 Å². The molecule has 2 N–H and O–H groups in total. The normalized spacial score (nSPS) is 18.1. The van der Waals surface area contributed by atoms with E-state index in [-0.39, 0.29) is 24.3 Å². The third kappa shape index (κ3) is 4.27. The van der Waals surface area contributed by atoms with Gasteiger partial charge < -0.3 is 20.3 Å². The molecular formula is C15H21N3O3. The van der Waals surface area contributed by atoms with E-state index in [1.54, 1.807) is 38.4 Å². The van der Waals surface area contributed by atoms with Crippen LogP contribution in [0, 0.1) is 0 Å². The van der Waals surface area contributed by atoms with Gasteiger partial charge >= 0.3 is 0 Å². The fraction of sp³-hybridized carbons (Fsp3) is 0.467. The molecule has 1 aliphatic heterocycles. The Labute approximate surface area is 124 Å². The highest BCUT2D eigenvalue weighted by Crippen LogP contribution is 2.17. The molecule has 2 rings (SSSR count). The van der Waals surface area contributed by atoms with Gasteiger partial charge in [0, 0.05) is 27.2 Å². The van der Waals surface area contributed by atoms with Crippen LogP contribution in [-0.2, 0) is 9.53 Å². The minimum absolute atomic E-state index is 0.115. The van der Waals surface area contributed by atoms with Gasteiger partial charge in [-0.1, -0.05) is 12.1 Å². The summed E-state index contributed by atoms with van der Waals surface area (Å²) in [6.45, 7) is 2.11. The summed E-state index contributed by atoms with van der Waals surface area (Å²) in [5, 5.41) is 5.98. The average molecular weight is 291 g/mol. The largest absolute Gasteiger partial charge is 0.375 e. The van der Waals surface area contributed by atoms with Gasteiger partial charge in [-0.15, -0.1) is 0 Å². The van der Waals surface area contributed by atoms with Crippen LogP contribution in [0.4, 0.5) is 5.69 Å². The maximum atomic E-state index is 12.1. The maximum Gasteiger partial charge on any atom is 0.255 e. The lowest BCUT2D eigenvalue weighted by molar-refractivity contribution is -0.119. The van der Waals surface area contributed by atoms with E-state index in [0.29, 0.717) is 24.4 Å². The lowest BCUT2D eigenvalue weighted by Gasteiger charge is -2.23. The number of nitrogens with zero attached hydrogens (tertiary/aromatic N) is 1. The fourth-order valence-electron chi connectivity index (χ4n) is 2.18. The Hall–Kier alpha value is -1.92. The highest BCUT2D eigenvalue weighted by atomic mass is 16.5. The number of morpholine rings is 1. The van der Waals surface area contributed by atoms with Crippen molar-refractivity contribution in [3.63, 3.8) is 0 Å². The van der Waals surface area contributed by atoms with Gasteiger partial charge in [0.05, 0.1) is 30.4 Å². The monoisotopic (exact) mass is 291 g/mol. The number of hydrogen-bond acceptors (Lipinski definition) is 4. The Balaban J connectivity index is 2.01. The SMILES string of the molecule is CN(C)C(=O)c1ccccc1NC(=O)CC1CNCCO1. The van der Waals surface area contributed by atoms with Crippen LogP contribution in [0.15, 0.2) is 24.3 Å². The molecule has 0 radical (unpaired) electrons. The van der Waals surface area contributed by atoms with Crippen molar-refractivity contribution in [2.75, 3.05) is 39.1 Å². The topological polar surface area (TPSA) is 70.7 Å². The molecule has 6 heteroatoms. The quantitative estimate of drug-likeness (QED) is 0.857. The number of ether oxygens (including phenoxy) is 1. The van der Waals surface area contributed by atoms with Gasteiger partial charge in [0.1, 0.15) is 0 Å². The van der Waals surface area contributed by atoms with Crippen molar-refractivity contribution in [1.82, 2.24) is 10.2 Å². The molecule has 1 aromatic rings. The van der Waals surface area contributed by atoms with Gasteiger partial charge in [0.2, 0.25) is 5.91 Å². The number of hydrogen-bond donors (Lipinski definition) is 2. The summed E-state index contributed by atoms with van der Waals surface area (Å²) >= 11 is 0. The predicted octanol–water partition coefficient (Wildman–Crippen LogP) is 0.705. The van der Waals surface area contributed by atoms with Crippen LogP contribution in [0.2, 0.25) is 0 Å². The van der Waals surface area contributed by atoms with Crippen molar-refractivity contribution >= 4 is 17.5 Å². The molecule has 1 atom stereocenters. The second-order valence-corrected chi connectivity index (χ2v) is 5.19. The second-order valence-electron chi connectivity index (χ2n) is 5.19. The number of nitrogens with one attached hydrogen (secondary N) is 2. The zero-order chi connectivity index (χ0) is 15.2. The molecule has 1 fully saturated rings. The predicted molar refractivity (Wildman–Crippen MR) is 80.3 cm³/mol. The molecule has 1 unspecified atom stereocenters. The number of rotatable bonds is 4. The number of amides is 2. The number of anilines is 1. The first-order valence-corrected chi connectivity index (χ1v) is 7.01. The van der Waals surface area contributed by atoms with Crippen LogP contribution >= 0.6 is 0 Å². The summed E-state index contributed by atoms with van der Waals surface area (Å²) in [6.07, 6.45) is 0.160. The van der Waals surface area contributed by atoms with E-state index < -0.39 is 0 Å². The minimum atomic E-state index is -0.150. The molecule has 2 amide bonds. The first-order valence-electron chi connectivity index (χ1n) is 7.01. The van der Waals surface area contributed by atoms with Crippen molar-refractivity contribution in [3.8, 4) is 0 Å². The Kier molecular flexibility index (Phi) is 5.30. The Bertz CT molecular complexity index is 511. The fourth-order valence-corrected chi connectivity index (χ4v) is 2.18. The number of carbonyl (C=O) groups excluding carboxylic acids is 2. The van der Waals surface area contributed by atoms with Crippen LogP contribution in [0.3, 0.4) is 0 Å². The van der Waals surface area contributed by atoms with Crippen molar-refractivity contribution in [2.24, 2.45) is 0 Å². The van der Waals surface area contributed by atoms with E-state index >= 15 is 0 Å². The van der Waals surface area contributed by atoms with Crippen LogP contribution in [-0.4, -0.2) is 56.6 Å². The molecule has 0 aliphatic carbocycles. The number of carbonyl (C=O) groups is 2. The molecule has 0 saturated carbocycles. The lowest BCUT2D eigenvalue weighted by Crippen LogP contribution is -2.40. The van der Waals surface area contributed by atoms with E-state index in [2.05, 4.69) is 10.6 Å². The van der Waals surface area contributed by atoms with Crippen molar-refractivity contribution in [3.05, 3.63) is 29.8 Å². The summed E-state index contributed by atoms with van der Waals surface area (Å²) in [5.41, 5.74) is 1.02. The summed E-state index contributed by atoms with van der Waals surface area (Å²) in [7, 11) is 3.37. The highest BCUT2D eigenvalue weighted by Gasteiger charge is 2.19. The smallest absolute Gasteiger partial charge is 0.255 e. The second kappa shape index (κ2) is 7.19. The molecule has 1 aromatic carbocycles. The Morgan fingerprint density at radius 2 is 2.14 bits per heavy atom. The number of para-hydroxylation sites is 1. The van der Waals surface area contributed by atoms with Gasteiger partial charge in [0.25, 0.3) is 5.91 Å². The third-order valence-corrected chi connectivity index (χ3v) is 3.26. The maximum absolute atomic E-state index is 12.1. The van der Waals surface area contributed by atoms with Crippen LogP contribution in [0.5, 0.6) is 0 Å². The molecule has 1 saturated heterocycles. The van der Waals surface area contributed by atoms with Crippen LogP contribution in [0.25, 0.3) is 0 Å². The summed E-state index contributed by atoms with van der Waals surface area (Å²) in [5.74, 6) is -0.288. The van der Waals surface area contributed by atoms with E-state index in [1.807, 2.05) is 0 Å². The molecule has 21 heavy (non-hydrogen) atoms. The van der Waals surface area contributed by atoms with E-state index in [1.165, 1.54) is 4.90 Å². The zero-order valence-corrected chi connectivity index (χ0v) is 12.4. The van der Waals surface area contributed by atoms with Crippen molar-refractivity contribution in [2.45, 2.75) is 12.5 Å². The van der Waals surface area contributed by atoms with Gasteiger partial charge in [-0.25, -0.2) is 0 Å². The Morgan fingerprint density at radius 1 is 1.38 bits per heavy atom. The summed E-state index contributed by atoms with van der Waals surface area (Å²) in [4.78, 5) is 25.6. The van der Waals surface area contributed by atoms with E-state index in [4.69, 9.17) is 4.74 Å². The van der Waals surface area contributed by atoms with Gasteiger partial charge in [-0.05, 0) is 12.1 Å². The standard InChI is InChI=1S/C15H21N3O3/c1-18(2)15(20)12-5-3-4-6-13(12)17-14(19)9-11-10-16-7-8-21-11/h3-6,11,16H,7-10H2,1-2H3,(H,17,19). The zero-order valence-electron chi connectivity index (χ0n) is 12.4. The summed E-state index contributed by atoms with van der Waals surface area (Å²) < 4.78 is 5.50. The van der Waals surface area contributed by atoms with Crippen LogP contribution in [0.1, 0.15) is 16.8 Å². The first kappa shape index (κ1) is 15.5. The van der Waals surface area contributed by atoms with Gasteiger partial charge in [-0.2, -0.15) is 0 Å². The highest BCUT2D eigenvalue weighted by molar-refractivity contribution is 6.03. The summed E-state index contributed by atoms with van der Waals surface area (Å²) in [6, 6.07) is 7.01. The van der Waals surface area contributed by atoms with E-state index in [0.717, 1.165) is 6.54 Å². The molecule has 114 valence electrons. The number of benzene rings is 1. The average Bonchev–Trinajstić information content (AvgIpc) is 2.48. The first-order chi connectivity index (χ1) is 10.1. The molecule has 0 aromatic heterocycles. The van der Waals surface area contributed by atoms with Crippen molar-refractivity contribution in [1.29, 1.82) is 0 Å². The molecule has 0 spiro atoms. The lowest BCUT2D eigenvalue weighted by atomic mass is 10.1. The molecular weight excluding hydrogens is 270 g/mol. The van der Waals surface area contributed by atoms with Gasteiger partial charge in [0.15, 0.2) is 0 Å².